The summed E-state index contributed by atoms with van der Waals surface area (Å²) in [6.45, 7) is 10.4. The van der Waals surface area contributed by atoms with Crippen LogP contribution in [0.25, 0.3) is 0 Å². The van der Waals surface area contributed by atoms with Gasteiger partial charge in [-0.05, 0) is 38.8 Å². The van der Waals surface area contributed by atoms with Crippen molar-refractivity contribution < 1.29 is 0 Å². The zero-order valence-corrected chi connectivity index (χ0v) is 14.1. The molecule has 0 atom stereocenters. The number of benzene rings is 1. The minimum Gasteiger partial charge on any atom is -0.341 e. The van der Waals surface area contributed by atoms with E-state index >= 15 is 0 Å². The highest BCUT2D eigenvalue weighted by molar-refractivity contribution is 5.58. The Labute approximate surface area is 133 Å². The zero-order chi connectivity index (χ0) is 15.9. The van der Waals surface area contributed by atoms with E-state index in [9.17, 15) is 0 Å². The van der Waals surface area contributed by atoms with Gasteiger partial charge in [-0.1, -0.05) is 31.5 Å². The number of anilines is 3. The largest absolute Gasteiger partial charge is 0.341 e. The van der Waals surface area contributed by atoms with Crippen molar-refractivity contribution in [2.45, 2.75) is 40.5 Å². The summed E-state index contributed by atoms with van der Waals surface area (Å²) < 4.78 is 0. The molecule has 1 heterocycles. The fourth-order valence-corrected chi connectivity index (χ4v) is 2.39. The van der Waals surface area contributed by atoms with Crippen molar-refractivity contribution in [3.8, 4) is 0 Å². The third kappa shape index (κ3) is 4.45. The molecule has 0 radical (unpaired) electrons. The van der Waals surface area contributed by atoms with E-state index in [1.54, 1.807) is 0 Å². The summed E-state index contributed by atoms with van der Waals surface area (Å²) in [6, 6.07) is 10.3. The highest BCUT2D eigenvalue weighted by atomic mass is 15.3. The molecule has 22 heavy (non-hydrogen) atoms. The highest BCUT2D eigenvalue weighted by Crippen LogP contribution is 2.19. The van der Waals surface area contributed by atoms with Gasteiger partial charge in [0.15, 0.2) is 0 Å². The average Bonchev–Trinajstić information content (AvgIpc) is 2.49. The first-order chi connectivity index (χ1) is 10.6. The van der Waals surface area contributed by atoms with E-state index in [1.807, 2.05) is 13.0 Å². The molecule has 0 aliphatic heterocycles. The Kier molecular flexibility index (Phi) is 5.75. The van der Waals surface area contributed by atoms with Gasteiger partial charge in [-0.2, -0.15) is 4.98 Å². The molecule has 0 unspecified atom stereocenters. The van der Waals surface area contributed by atoms with E-state index in [-0.39, 0.29) is 0 Å². The van der Waals surface area contributed by atoms with Crippen LogP contribution in [0.3, 0.4) is 0 Å². The van der Waals surface area contributed by atoms with Gasteiger partial charge in [-0.15, -0.1) is 0 Å². The van der Waals surface area contributed by atoms with Gasteiger partial charge in [0, 0.05) is 30.5 Å². The number of nitrogens with one attached hydrogen (secondary N) is 1. The van der Waals surface area contributed by atoms with Crippen LogP contribution in [0.5, 0.6) is 0 Å². The maximum absolute atomic E-state index is 4.69. The van der Waals surface area contributed by atoms with Crippen LogP contribution in [0.15, 0.2) is 30.3 Å². The van der Waals surface area contributed by atoms with Gasteiger partial charge in [0.25, 0.3) is 0 Å². The minimum absolute atomic E-state index is 0.818. The van der Waals surface area contributed by atoms with Crippen LogP contribution < -0.4 is 10.2 Å². The molecule has 0 aliphatic rings. The second-order valence-electron chi connectivity index (χ2n) is 5.67. The van der Waals surface area contributed by atoms with Crippen molar-refractivity contribution in [3.63, 3.8) is 0 Å². The summed E-state index contributed by atoms with van der Waals surface area (Å²) in [7, 11) is 0. The first kappa shape index (κ1) is 16.3. The van der Waals surface area contributed by atoms with Gasteiger partial charge in [0.2, 0.25) is 5.95 Å². The van der Waals surface area contributed by atoms with Crippen LogP contribution in [0.2, 0.25) is 0 Å². The number of nitrogens with zero attached hydrogens (tertiary/aromatic N) is 3. The summed E-state index contributed by atoms with van der Waals surface area (Å²) in [5, 5.41) is 3.37. The molecule has 0 saturated carbocycles. The van der Waals surface area contributed by atoms with Crippen LogP contribution in [0.4, 0.5) is 17.5 Å². The van der Waals surface area contributed by atoms with E-state index in [2.05, 4.69) is 60.2 Å². The van der Waals surface area contributed by atoms with Crippen molar-refractivity contribution in [2.24, 2.45) is 0 Å². The minimum atomic E-state index is 0.818. The zero-order valence-electron chi connectivity index (χ0n) is 14.1. The Morgan fingerprint density at radius 3 is 2.18 bits per heavy atom. The van der Waals surface area contributed by atoms with Crippen molar-refractivity contribution in [2.75, 3.05) is 23.3 Å². The SMILES string of the molecule is CCCN(CCC)c1nc(C)cc(Nc2ccc(C)cc2)n1. The molecular formula is C18H26N4. The first-order valence-corrected chi connectivity index (χ1v) is 8.06. The quantitative estimate of drug-likeness (QED) is 0.819. The smallest absolute Gasteiger partial charge is 0.227 e. The third-order valence-corrected chi connectivity index (χ3v) is 3.44. The summed E-state index contributed by atoms with van der Waals surface area (Å²) in [5.74, 6) is 1.67. The van der Waals surface area contributed by atoms with Gasteiger partial charge in [0.05, 0.1) is 0 Å². The van der Waals surface area contributed by atoms with Crippen LogP contribution >= 0.6 is 0 Å². The number of hydrogen-bond donors (Lipinski definition) is 1. The molecule has 1 aromatic carbocycles. The second kappa shape index (κ2) is 7.78. The Morgan fingerprint density at radius 2 is 1.59 bits per heavy atom. The van der Waals surface area contributed by atoms with Gasteiger partial charge in [0.1, 0.15) is 5.82 Å². The molecule has 2 rings (SSSR count). The fraction of sp³-hybridized carbons (Fsp3) is 0.444. The van der Waals surface area contributed by atoms with Crippen LogP contribution in [-0.4, -0.2) is 23.1 Å². The Balaban J connectivity index is 2.23. The molecule has 4 nitrogen and oxygen atoms in total. The standard InChI is InChI=1S/C18H26N4/c1-5-11-22(12-6-2)18-19-15(4)13-17(21-18)20-16-9-7-14(3)8-10-16/h7-10,13H,5-6,11-12H2,1-4H3,(H,19,20,21). The Hall–Kier alpha value is -2.10. The lowest BCUT2D eigenvalue weighted by Crippen LogP contribution is -2.27. The molecule has 0 bridgehead atoms. The Morgan fingerprint density at radius 1 is 0.955 bits per heavy atom. The van der Waals surface area contributed by atoms with Crippen molar-refractivity contribution >= 4 is 17.5 Å². The summed E-state index contributed by atoms with van der Waals surface area (Å²) in [4.78, 5) is 11.6. The maximum Gasteiger partial charge on any atom is 0.227 e. The first-order valence-electron chi connectivity index (χ1n) is 8.06. The monoisotopic (exact) mass is 298 g/mol. The van der Waals surface area contributed by atoms with Crippen molar-refractivity contribution in [3.05, 3.63) is 41.6 Å². The fourth-order valence-electron chi connectivity index (χ4n) is 2.39. The predicted octanol–water partition coefficient (Wildman–Crippen LogP) is 4.46. The molecule has 2 aromatic rings. The molecule has 0 fully saturated rings. The third-order valence-electron chi connectivity index (χ3n) is 3.44. The molecule has 118 valence electrons. The van der Waals surface area contributed by atoms with Gasteiger partial charge in [-0.25, -0.2) is 4.98 Å². The Bertz CT molecular complexity index is 587. The lowest BCUT2D eigenvalue weighted by molar-refractivity contribution is 0.720. The molecular weight excluding hydrogens is 272 g/mol. The van der Waals surface area contributed by atoms with Gasteiger partial charge >= 0.3 is 0 Å². The van der Waals surface area contributed by atoms with E-state index in [4.69, 9.17) is 4.98 Å². The number of hydrogen-bond acceptors (Lipinski definition) is 4. The van der Waals surface area contributed by atoms with E-state index in [0.29, 0.717) is 0 Å². The molecule has 4 heteroatoms. The van der Waals surface area contributed by atoms with E-state index in [0.717, 1.165) is 49.1 Å². The van der Waals surface area contributed by atoms with Gasteiger partial charge < -0.3 is 10.2 Å². The highest BCUT2D eigenvalue weighted by Gasteiger charge is 2.10. The molecule has 0 saturated heterocycles. The van der Waals surface area contributed by atoms with E-state index in [1.165, 1.54) is 5.56 Å². The average molecular weight is 298 g/mol. The summed E-state index contributed by atoms with van der Waals surface area (Å²) in [6.07, 6.45) is 2.19. The molecule has 1 aromatic heterocycles. The van der Waals surface area contributed by atoms with Crippen LogP contribution in [0.1, 0.15) is 37.9 Å². The molecule has 0 amide bonds. The topological polar surface area (TPSA) is 41.1 Å². The molecule has 0 spiro atoms. The maximum atomic E-state index is 4.69. The number of rotatable bonds is 7. The predicted molar refractivity (Wildman–Crippen MR) is 94.0 cm³/mol. The van der Waals surface area contributed by atoms with Crippen LogP contribution in [0, 0.1) is 13.8 Å². The van der Waals surface area contributed by atoms with Crippen molar-refractivity contribution in [1.29, 1.82) is 0 Å². The van der Waals surface area contributed by atoms with Gasteiger partial charge in [-0.3, -0.25) is 0 Å². The van der Waals surface area contributed by atoms with Crippen LogP contribution in [-0.2, 0) is 0 Å². The van der Waals surface area contributed by atoms with E-state index < -0.39 is 0 Å². The molecule has 1 N–H and O–H groups in total. The number of aryl methyl sites for hydroxylation is 2. The lowest BCUT2D eigenvalue weighted by Gasteiger charge is -2.22. The number of aromatic nitrogens is 2. The van der Waals surface area contributed by atoms with Crippen molar-refractivity contribution in [1.82, 2.24) is 9.97 Å². The second-order valence-corrected chi connectivity index (χ2v) is 5.67. The summed E-state index contributed by atoms with van der Waals surface area (Å²) in [5.41, 5.74) is 3.28. The lowest BCUT2D eigenvalue weighted by atomic mass is 10.2. The summed E-state index contributed by atoms with van der Waals surface area (Å²) >= 11 is 0. The molecule has 0 aliphatic carbocycles. The normalized spacial score (nSPS) is 10.5.